The van der Waals surface area contributed by atoms with E-state index in [4.69, 9.17) is 14.2 Å². The van der Waals surface area contributed by atoms with Crippen LogP contribution in [0.3, 0.4) is 0 Å². The molecule has 0 atom stereocenters. The fourth-order valence-electron chi connectivity index (χ4n) is 1.80. The maximum atomic E-state index is 12.4. The number of hydrogen-bond donors (Lipinski definition) is 0. The highest BCUT2D eigenvalue weighted by atomic mass is 32.2. The van der Waals surface area contributed by atoms with Crippen LogP contribution >= 0.6 is 0 Å². The summed E-state index contributed by atoms with van der Waals surface area (Å²) in [6, 6.07) is 6.42. The Morgan fingerprint density at radius 1 is 1.09 bits per heavy atom. The minimum absolute atomic E-state index is 0.254. The average Bonchev–Trinajstić information content (AvgIpc) is 2.52. The van der Waals surface area contributed by atoms with Gasteiger partial charge in [-0.15, -0.1) is 0 Å². The molecule has 1 rings (SSSR count). The maximum Gasteiger partial charge on any atom is 0.242 e. The van der Waals surface area contributed by atoms with E-state index in [9.17, 15) is 8.42 Å². The first-order valence-electron chi connectivity index (χ1n) is 7.28. The van der Waals surface area contributed by atoms with Gasteiger partial charge in [-0.1, -0.05) is 0 Å². The third-order valence-electron chi connectivity index (χ3n) is 3.05. The largest absolute Gasteiger partial charge is 0.491 e. The SMILES string of the molecule is CCOCCOc1ccc(S(=O)(=O)N(C)CCCOC)cc1. The molecular formula is C15H25NO5S. The van der Waals surface area contributed by atoms with E-state index in [1.54, 1.807) is 38.4 Å². The van der Waals surface area contributed by atoms with Crippen molar-refractivity contribution in [2.45, 2.75) is 18.2 Å². The molecule has 0 spiro atoms. The van der Waals surface area contributed by atoms with E-state index in [0.717, 1.165) is 0 Å². The average molecular weight is 331 g/mol. The third kappa shape index (κ3) is 5.92. The van der Waals surface area contributed by atoms with E-state index >= 15 is 0 Å². The van der Waals surface area contributed by atoms with Crippen LogP contribution in [-0.4, -0.2) is 59.9 Å². The van der Waals surface area contributed by atoms with Crippen molar-refractivity contribution in [2.24, 2.45) is 0 Å². The highest BCUT2D eigenvalue weighted by Crippen LogP contribution is 2.19. The minimum Gasteiger partial charge on any atom is -0.491 e. The molecule has 126 valence electrons. The van der Waals surface area contributed by atoms with Crippen LogP contribution in [0.1, 0.15) is 13.3 Å². The van der Waals surface area contributed by atoms with Crippen LogP contribution in [-0.2, 0) is 19.5 Å². The van der Waals surface area contributed by atoms with E-state index in [2.05, 4.69) is 0 Å². The standard InChI is InChI=1S/C15H25NO5S/c1-4-20-12-13-21-14-6-8-15(9-7-14)22(17,18)16(2)10-5-11-19-3/h6-9H,4-5,10-13H2,1-3H3. The molecule has 0 heterocycles. The van der Waals surface area contributed by atoms with Gasteiger partial charge in [0.15, 0.2) is 0 Å². The number of ether oxygens (including phenoxy) is 3. The van der Waals surface area contributed by atoms with Gasteiger partial charge in [0.05, 0.1) is 11.5 Å². The lowest BCUT2D eigenvalue weighted by Gasteiger charge is -2.17. The fraction of sp³-hybridized carbons (Fsp3) is 0.600. The summed E-state index contributed by atoms with van der Waals surface area (Å²) in [6.07, 6.45) is 0.658. The predicted octanol–water partition coefficient (Wildman–Crippen LogP) is 1.76. The highest BCUT2D eigenvalue weighted by molar-refractivity contribution is 7.89. The van der Waals surface area contributed by atoms with Crippen LogP contribution in [0, 0.1) is 0 Å². The molecule has 0 bridgehead atoms. The predicted molar refractivity (Wildman–Crippen MR) is 84.7 cm³/mol. The fourth-order valence-corrected chi connectivity index (χ4v) is 3.01. The Morgan fingerprint density at radius 2 is 1.77 bits per heavy atom. The number of nitrogens with zero attached hydrogens (tertiary/aromatic N) is 1. The van der Waals surface area contributed by atoms with Crippen LogP contribution in [0.4, 0.5) is 0 Å². The van der Waals surface area contributed by atoms with E-state index in [-0.39, 0.29) is 4.90 Å². The van der Waals surface area contributed by atoms with Gasteiger partial charge in [-0.25, -0.2) is 12.7 Å². The second-order valence-corrected chi connectivity index (χ2v) is 6.73. The summed E-state index contributed by atoms with van der Waals surface area (Å²) in [7, 11) is -0.305. The first-order chi connectivity index (χ1) is 10.5. The summed E-state index contributed by atoms with van der Waals surface area (Å²) in [6.45, 7) is 4.48. The van der Waals surface area contributed by atoms with Crippen LogP contribution < -0.4 is 4.74 Å². The zero-order valence-electron chi connectivity index (χ0n) is 13.4. The smallest absolute Gasteiger partial charge is 0.242 e. The summed E-state index contributed by atoms with van der Waals surface area (Å²) in [4.78, 5) is 0.254. The van der Waals surface area contributed by atoms with Gasteiger partial charge in [-0.2, -0.15) is 0 Å². The molecule has 1 aromatic carbocycles. The summed E-state index contributed by atoms with van der Waals surface area (Å²) in [5, 5.41) is 0. The summed E-state index contributed by atoms with van der Waals surface area (Å²) in [5.41, 5.74) is 0. The van der Waals surface area contributed by atoms with Gasteiger partial charge in [0, 0.05) is 33.9 Å². The third-order valence-corrected chi connectivity index (χ3v) is 4.92. The molecule has 0 aliphatic heterocycles. The lowest BCUT2D eigenvalue weighted by Crippen LogP contribution is -2.28. The van der Waals surface area contributed by atoms with Crippen molar-refractivity contribution < 1.29 is 22.6 Å². The van der Waals surface area contributed by atoms with Crippen LogP contribution in [0.5, 0.6) is 5.75 Å². The Labute approximate surface area is 133 Å². The van der Waals surface area contributed by atoms with Gasteiger partial charge in [-0.05, 0) is 37.6 Å². The van der Waals surface area contributed by atoms with Crippen LogP contribution in [0.15, 0.2) is 29.2 Å². The summed E-state index contributed by atoms with van der Waals surface area (Å²) < 4.78 is 41.6. The molecule has 22 heavy (non-hydrogen) atoms. The molecular weight excluding hydrogens is 306 g/mol. The number of sulfonamides is 1. The molecule has 0 radical (unpaired) electrons. The maximum absolute atomic E-state index is 12.4. The first kappa shape index (κ1) is 18.9. The van der Waals surface area contributed by atoms with Crippen molar-refractivity contribution in [3.8, 4) is 5.75 Å². The van der Waals surface area contributed by atoms with Crippen molar-refractivity contribution in [3.05, 3.63) is 24.3 Å². The van der Waals surface area contributed by atoms with Crippen LogP contribution in [0.25, 0.3) is 0 Å². The molecule has 0 unspecified atom stereocenters. The Hall–Kier alpha value is -1.15. The molecule has 0 aliphatic rings. The topological polar surface area (TPSA) is 65.1 Å². The van der Waals surface area contributed by atoms with E-state index in [0.29, 0.717) is 45.1 Å². The van der Waals surface area contributed by atoms with Gasteiger partial charge in [0.1, 0.15) is 12.4 Å². The number of hydrogen-bond acceptors (Lipinski definition) is 5. The normalized spacial score (nSPS) is 11.8. The molecule has 0 fully saturated rings. The number of benzene rings is 1. The van der Waals surface area contributed by atoms with Crippen molar-refractivity contribution >= 4 is 10.0 Å². The van der Waals surface area contributed by atoms with Gasteiger partial charge >= 0.3 is 0 Å². The number of methoxy groups -OCH3 is 1. The number of rotatable bonds is 11. The highest BCUT2D eigenvalue weighted by Gasteiger charge is 2.20. The molecule has 7 heteroatoms. The second-order valence-electron chi connectivity index (χ2n) is 4.69. The van der Waals surface area contributed by atoms with Crippen LogP contribution in [0.2, 0.25) is 0 Å². The molecule has 0 saturated carbocycles. The molecule has 0 N–H and O–H groups in total. The Bertz CT molecular complexity index is 515. The van der Waals surface area contributed by atoms with Crippen molar-refractivity contribution in [3.63, 3.8) is 0 Å². The first-order valence-corrected chi connectivity index (χ1v) is 8.72. The van der Waals surface area contributed by atoms with Gasteiger partial charge in [0.2, 0.25) is 10.0 Å². The Balaban J connectivity index is 2.60. The molecule has 0 saturated heterocycles. The minimum atomic E-state index is -3.47. The lowest BCUT2D eigenvalue weighted by molar-refractivity contribution is 0.110. The van der Waals surface area contributed by atoms with Gasteiger partial charge < -0.3 is 14.2 Å². The molecule has 1 aromatic rings. The summed E-state index contributed by atoms with van der Waals surface area (Å²) in [5.74, 6) is 0.626. The van der Waals surface area contributed by atoms with Crippen molar-refractivity contribution in [1.29, 1.82) is 0 Å². The van der Waals surface area contributed by atoms with E-state index in [1.165, 1.54) is 4.31 Å². The molecule has 0 aliphatic carbocycles. The molecule has 0 amide bonds. The van der Waals surface area contributed by atoms with Crippen molar-refractivity contribution in [1.82, 2.24) is 4.31 Å². The van der Waals surface area contributed by atoms with Gasteiger partial charge in [-0.3, -0.25) is 0 Å². The van der Waals surface area contributed by atoms with Gasteiger partial charge in [0.25, 0.3) is 0 Å². The monoisotopic (exact) mass is 331 g/mol. The Kier molecular flexibility index (Phi) is 8.40. The zero-order valence-corrected chi connectivity index (χ0v) is 14.3. The second kappa shape index (κ2) is 9.78. The van der Waals surface area contributed by atoms with E-state index in [1.807, 2.05) is 6.92 Å². The quantitative estimate of drug-likeness (QED) is 0.578. The molecule has 0 aromatic heterocycles. The zero-order chi connectivity index (χ0) is 16.4. The van der Waals surface area contributed by atoms with E-state index < -0.39 is 10.0 Å². The Morgan fingerprint density at radius 3 is 2.36 bits per heavy atom. The summed E-state index contributed by atoms with van der Waals surface area (Å²) >= 11 is 0. The lowest BCUT2D eigenvalue weighted by atomic mass is 10.3. The van der Waals surface area contributed by atoms with Crippen molar-refractivity contribution in [2.75, 3.05) is 47.1 Å². The molecule has 6 nitrogen and oxygen atoms in total.